The van der Waals surface area contributed by atoms with E-state index in [4.69, 9.17) is 0 Å². The SMILES string of the molecule is CCC(=O)c1ccn(Cc2ccc([N+](=O)[O-])cc2Br)c1. The van der Waals surface area contributed by atoms with Gasteiger partial charge < -0.3 is 4.57 Å². The van der Waals surface area contributed by atoms with Crippen molar-refractivity contribution in [2.24, 2.45) is 0 Å². The fourth-order valence-corrected chi connectivity index (χ4v) is 2.37. The number of benzene rings is 1. The number of rotatable bonds is 5. The van der Waals surface area contributed by atoms with Gasteiger partial charge in [0, 0.05) is 47.5 Å². The second kappa shape index (κ2) is 6.00. The summed E-state index contributed by atoms with van der Waals surface area (Å²) >= 11 is 3.34. The Bertz CT molecular complexity index is 664. The molecule has 0 bridgehead atoms. The third-order valence-electron chi connectivity index (χ3n) is 2.99. The molecule has 0 saturated heterocycles. The smallest absolute Gasteiger partial charge is 0.270 e. The summed E-state index contributed by atoms with van der Waals surface area (Å²) in [7, 11) is 0. The largest absolute Gasteiger partial charge is 0.349 e. The molecule has 0 saturated carbocycles. The number of nitrogens with zero attached hydrogens (tertiary/aromatic N) is 2. The van der Waals surface area contributed by atoms with E-state index in [1.165, 1.54) is 12.1 Å². The Kier molecular flexibility index (Phi) is 4.34. The molecular formula is C14H13BrN2O3. The minimum absolute atomic E-state index is 0.0509. The zero-order chi connectivity index (χ0) is 14.7. The van der Waals surface area contributed by atoms with E-state index in [0.717, 1.165) is 5.56 Å². The van der Waals surface area contributed by atoms with Crippen molar-refractivity contribution in [2.75, 3.05) is 0 Å². The summed E-state index contributed by atoms with van der Waals surface area (Å²) in [4.78, 5) is 21.8. The van der Waals surface area contributed by atoms with Gasteiger partial charge in [0.15, 0.2) is 5.78 Å². The predicted octanol–water partition coefficient (Wildman–Crippen LogP) is 3.80. The first kappa shape index (κ1) is 14.5. The molecule has 0 N–H and O–H groups in total. The number of nitro groups is 1. The molecule has 2 rings (SSSR count). The van der Waals surface area contributed by atoms with Gasteiger partial charge in [0.25, 0.3) is 5.69 Å². The van der Waals surface area contributed by atoms with Crippen LogP contribution in [0.25, 0.3) is 0 Å². The summed E-state index contributed by atoms with van der Waals surface area (Å²) in [5, 5.41) is 10.7. The molecule has 1 aromatic heterocycles. The maximum Gasteiger partial charge on any atom is 0.270 e. The Hall–Kier alpha value is -1.95. The molecule has 2 aromatic rings. The molecule has 5 nitrogen and oxygen atoms in total. The first-order valence-corrected chi connectivity index (χ1v) is 6.92. The Morgan fingerprint density at radius 1 is 1.40 bits per heavy atom. The first-order valence-electron chi connectivity index (χ1n) is 6.13. The molecule has 0 unspecified atom stereocenters. The van der Waals surface area contributed by atoms with Crippen LogP contribution < -0.4 is 0 Å². The highest BCUT2D eigenvalue weighted by Gasteiger charge is 2.10. The van der Waals surface area contributed by atoms with Crippen LogP contribution in [0.4, 0.5) is 5.69 Å². The number of aromatic nitrogens is 1. The van der Waals surface area contributed by atoms with Crippen molar-refractivity contribution in [1.82, 2.24) is 4.57 Å². The van der Waals surface area contributed by atoms with Gasteiger partial charge in [-0.3, -0.25) is 14.9 Å². The van der Waals surface area contributed by atoms with Crippen LogP contribution in [0.15, 0.2) is 41.1 Å². The lowest BCUT2D eigenvalue weighted by Gasteiger charge is -2.05. The molecule has 20 heavy (non-hydrogen) atoms. The van der Waals surface area contributed by atoms with Crippen molar-refractivity contribution in [2.45, 2.75) is 19.9 Å². The van der Waals surface area contributed by atoms with Crippen LogP contribution >= 0.6 is 15.9 Å². The molecule has 0 fully saturated rings. The lowest BCUT2D eigenvalue weighted by atomic mass is 10.2. The zero-order valence-electron chi connectivity index (χ0n) is 10.9. The maximum absolute atomic E-state index is 11.6. The molecule has 1 aromatic carbocycles. The molecule has 0 aliphatic carbocycles. The minimum Gasteiger partial charge on any atom is -0.349 e. The van der Waals surface area contributed by atoms with E-state index >= 15 is 0 Å². The Balaban J connectivity index is 2.20. The highest BCUT2D eigenvalue weighted by Crippen LogP contribution is 2.24. The third kappa shape index (κ3) is 3.14. The molecular weight excluding hydrogens is 324 g/mol. The third-order valence-corrected chi connectivity index (χ3v) is 3.73. The normalized spacial score (nSPS) is 10.5. The average Bonchev–Trinajstić information content (AvgIpc) is 2.88. The van der Waals surface area contributed by atoms with E-state index in [2.05, 4.69) is 15.9 Å². The van der Waals surface area contributed by atoms with Crippen molar-refractivity contribution in [1.29, 1.82) is 0 Å². The van der Waals surface area contributed by atoms with Gasteiger partial charge >= 0.3 is 0 Å². The average molecular weight is 337 g/mol. The number of nitro benzene ring substituents is 1. The van der Waals surface area contributed by atoms with Crippen LogP contribution in [0.5, 0.6) is 0 Å². The molecule has 0 aliphatic heterocycles. The van der Waals surface area contributed by atoms with Gasteiger partial charge in [-0.1, -0.05) is 22.9 Å². The predicted molar refractivity (Wildman–Crippen MR) is 79.0 cm³/mol. The summed E-state index contributed by atoms with van der Waals surface area (Å²) < 4.78 is 2.57. The van der Waals surface area contributed by atoms with Crippen LogP contribution in [0.1, 0.15) is 29.3 Å². The monoisotopic (exact) mass is 336 g/mol. The van der Waals surface area contributed by atoms with Crippen LogP contribution in [-0.2, 0) is 6.54 Å². The molecule has 0 radical (unpaired) electrons. The number of non-ortho nitro benzene ring substituents is 1. The summed E-state index contributed by atoms with van der Waals surface area (Å²) in [5.74, 6) is 0.103. The van der Waals surface area contributed by atoms with Crippen LogP contribution in [0, 0.1) is 10.1 Å². The molecule has 104 valence electrons. The Labute approximate surface area is 124 Å². The lowest BCUT2D eigenvalue weighted by molar-refractivity contribution is -0.384. The van der Waals surface area contributed by atoms with Crippen LogP contribution in [0.2, 0.25) is 0 Å². The van der Waals surface area contributed by atoms with E-state index in [9.17, 15) is 14.9 Å². The zero-order valence-corrected chi connectivity index (χ0v) is 12.5. The lowest BCUT2D eigenvalue weighted by Crippen LogP contribution is -1.99. The molecule has 6 heteroatoms. The van der Waals surface area contributed by atoms with E-state index < -0.39 is 4.92 Å². The van der Waals surface area contributed by atoms with Crippen molar-refractivity contribution in [3.8, 4) is 0 Å². The fourth-order valence-electron chi connectivity index (χ4n) is 1.88. The quantitative estimate of drug-likeness (QED) is 0.473. The van der Waals surface area contributed by atoms with Gasteiger partial charge in [-0.2, -0.15) is 0 Å². The number of ketones is 1. The number of carbonyl (C=O) groups excluding carboxylic acids is 1. The molecule has 0 spiro atoms. The van der Waals surface area contributed by atoms with Gasteiger partial charge in [-0.15, -0.1) is 0 Å². The van der Waals surface area contributed by atoms with Crippen molar-refractivity contribution < 1.29 is 9.72 Å². The van der Waals surface area contributed by atoms with E-state index in [1.807, 2.05) is 17.7 Å². The summed E-state index contributed by atoms with van der Waals surface area (Å²) in [6.45, 7) is 2.38. The van der Waals surface area contributed by atoms with E-state index in [1.54, 1.807) is 18.3 Å². The van der Waals surface area contributed by atoms with Crippen molar-refractivity contribution in [3.63, 3.8) is 0 Å². The summed E-state index contributed by atoms with van der Waals surface area (Å²) in [5.41, 5.74) is 1.65. The summed E-state index contributed by atoms with van der Waals surface area (Å²) in [6.07, 6.45) is 4.10. The molecule has 1 heterocycles. The van der Waals surface area contributed by atoms with Crippen molar-refractivity contribution in [3.05, 3.63) is 62.4 Å². The van der Waals surface area contributed by atoms with Crippen molar-refractivity contribution >= 4 is 27.4 Å². The first-order chi connectivity index (χ1) is 9.51. The number of hydrogen-bond acceptors (Lipinski definition) is 3. The molecule has 0 atom stereocenters. The van der Waals surface area contributed by atoms with Gasteiger partial charge in [0.05, 0.1) is 4.92 Å². The highest BCUT2D eigenvalue weighted by atomic mass is 79.9. The number of carbonyl (C=O) groups is 1. The fraction of sp³-hybridized carbons (Fsp3) is 0.214. The number of hydrogen-bond donors (Lipinski definition) is 0. The number of Topliss-reactive ketones (excluding diaryl/α,β-unsaturated/α-hetero) is 1. The molecule has 0 aliphatic rings. The van der Waals surface area contributed by atoms with Gasteiger partial charge in [0.2, 0.25) is 0 Å². The number of halogens is 1. The van der Waals surface area contributed by atoms with E-state index in [-0.39, 0.29) is 11.5 Å². The Morgan fingerprint density at radius 2 is 2.15 bits per heavy atom. The van der Waals surface area contributed by atoms with Gasteiger partial charge in [0.1, 0.15) is 0 Å². The van der Waals surface area contributed by atoms with Crippen LogP contribution in [0.3, 0.4) is 0 Å². The second-order valence-corrected chi connectivity index (χ2v) is 5.24. The maximum atomic E-state index is 11.6. The minimum atomic E-state index is -0.428. The summed E-state index contributed by atoms with van der Waals surface area (Å²) in [6, 6.07) is 6.45. The highest BCUT2D eigenvalue weighted by molar-refractivity contribution is 9.10. The topological polar surface area (TPSA) is 65.1 Å². The van der Waals surface area contributed by atoms with Crippen LogP contribution in [-0.4, -0.2) is 15.3 Å². The Morgan fingerprint density at radius 3 is 2.75 bits per heavy atom. The molecule has 0 amide bonds. The van der Waals surface area contributed by atoms with Gasteiger partial charge in [-0.05, 0) is 17.7 Å². The second-order valence-electron chi connectivity index (χ2n) is 4.38. The standard InChI is InChI=1S/C14H13BrN2O3/c1-2-14(18)11-5-6-16(9-11)8-10-3-4-12(17(19)20)7-13(10)15/h3-7,9H,2,8H2,1H3. The van der Waals surface area contributed by atoms with E-state index in [0.29, 0.717) is 23.0 Å². The van der Waals surface area contributed by atoms with Gasteiger partial charge in [-0.25, -0.2) is 0 Å².